The second kappa shape index (κ2) is 7.47. The topological polar surface area (TPSA) is 98.1 Å². The molecular weight excluding hydrogens is 398 g/mol. The summed E-state index contributed by atoms with van der Waals surface area (Å²) in [5.41, 5.74) is 3.02. The van der Waals surface area contributed by atoms with Crippen molar-refractivity contribution in [1.29, 1.82) is 0 Å². The van der Waals surface area contributed by atoms with Gasteiger partial charge in [-0.2, -0.15) is 4.68 Å². The van der Waals surface area contributed by atoms with Crippen LogP contribution in [0, 0.1) is 13.8 Å². The molecule has 150 valence electrons. The zero-order valence-corrected chi connectivity index (χ0v) is 17.5. The summed E-state index contributed by atoms with van der Waals surface area (Å²) in [5, 5.41) is 12.5. The normalized spacial score (nSPS) is 21.0. The molecule has 1 atom stereocenters. The van der Waals surface area contributed by atoms with Crippen LogP contribution in [0.4, 0.5) is 0 Å². The van der Waals surface area contributed by atoms with Crippen molar-refractivity contribution in [2.45, 2.75) is 50.4 Å². The first kappa shape index (κ1) is 19.4. The van der Waals surface area contributed by atoms with Crippen molar-refractivity contribution >= 4 is 27.5 Å². The Labute approximate surface area is 168 Å². The average Bonchev–Trinajstić information content (AvgIpc) is 3.24. The van der Waals surface area contributed by atoms with E-state index in [-0.39, 0.29) is 35.2 Å². The Kier molecular flexibility index (Phi) is 5.17. The van der Waals surface area contributed by atoms with Crippen molar-refractivity contribution in [2.24, 2.45) is 0 Å². The van der Waals surface area contributed by atoms with Crippen LogP contribution in [0.2, 0.25) is 0 Å². The van der Waals surface area contributed by atoms with E-state index in [4.69, 9.17) is 0 Å². The minimum absolute atomic E-state index is 0.0364. The fourth-order valence-corrected chi connectivity index (χ4v) is 6.26. The Morgan fingerprint density at radius 2 is 1.93 bits per heavy atom. The van der Waals surface area contributed by atoms with Gasteiger partial charge in [0, 0.05) is 12.1 Å². The van der Waals surface area contributed by atoms with Crippen molar-refractivity contribution in [3.05, 3.63) is 29.3 Å². The summed E-state index contributed by atoms with van der Waals surface area (Å²) in [5.74, 6) is 0.412. The standard InChI is InChI=1S/C18H23N5O3S2/c1-12-4-3-5-13(2)17(12)23-18(19-20-21-23)27-10-16(24)22(14-6-7-14)15-8-9-28(25,26)11-15/h3-5,14-15H,6-11H2,1-2H3/t15-/m1/s1. The average molecular weight is 422 g/mol. The number of tetrazole rings is 1. The highest BCUT2D eigenvalue weighted by Gasteiger charge is 2.42. The molecule has 28 heavy (non-hydrogen) atoms. The Morgan fingerprint density at radius 3 is 2.54 bits per heavy atom. The zero-order valence-electron chi connectivity index (χ0n) is 15.9. The first-order chi connectivity index (χ1) is 13.4. The summed E-state index contributed by atoms with van der Waals surface area (Å²) < 4.78 is 25.4. The number of benzene rings is 1. The van der Waals surface area contributed by atoms with E-state index < -0.39 is 9.84 Å². The van der Waals surface area contributed by atoms with E-state index in [0.29, 0.717) is 11.6 Å². The summed E-state index contributed by atoms with van der Waals surface area (Å²) in [6.07, 6.45) is 2.44. The highest BCUT2D eigenvalue weighted by molar-refractivity contribution is 7.99. The molecule has 1 aromatic heterocycles. The molecule has 2 fully saturated rings. The van der Waals surface area contributed by atoms with E-state index in [1.165, 1.54) is 11.8 Å². The maximum Gasteiger partial charge on any atom is 0.233 e. The number of hydrogen-bond donors (Lipinski definition) is 0. The number of para-hydroxylation sites is 1. The van der Waals surface area contributed by atoms with E-state index in [2.05, 4.69) is 15.5 Å². The van der Waals surface area contributed by atoms with Crippen LogP contribution >= 0.6 is 11.8 Å². The lowest BCUT2D eigenvalue weighted by Gasteiger charge is -2.28. The van der Waals surface area contributed by atoms with Gasteiger partial charge in [0.15, 0.2) is 9.84 Å². The Morgan fingerprint density at radius 1 is 1.21 bits per heavy atom. The van der Waals surface area contributed by atoms with E-state index in [9.17, 15) is 13.2 Å². The van der Waals surface area contributed by atoms with Crippen molar-refractivity contribution in [1.82, 2.24) is 25.1 Å². The Hall–Kier alpha value is -1.94. The molecule has 1 aliphatic heterocycles. The summed E-state index contributed by atoms with van der Waals surface area (Å²) >= 11 is 1.29. The lowest BCUT2D eigenvalue weighted by atomic mass is 10.1. The predicted molar refractivity (Wildman–Crippen MR) is 106 cm³/mol. The monoisotopic (exact) mass is 421 g/mol. The van der Waals surface area contributed by atoms with Crippen LogP contribution in [0.1, 0.15) is 30.4 Å². The lowest BCUT2D eigenvalue weighted by molar-refractivity contribution is -0.130. The van der Waals surface area contributed by atoms with E-state index in [0.717, 1.165) is 29.7 Å². The number of amides is 1. The molecule has 4 rings (SSSR count). The maximum absolute atomic E-state index is 12.9. The lowest BCUT2D eigenvalue weighted by Crippen LogP contribution is -2.43. The van der Waals surface area contributed by atoms with Crippen molar-refractivity contribution in [2.75, 3.05) is 17.3 Å². The molecule has 0 bridgehead atoms. The molecule has 1 saturated carbocycles. The van der Waals surface area contributed by atoms with Gasteiger partial charge in [-0.05, 0) is 54.7 Å². The van der Waals surface area contributed by atoms with Gasteiger partial charge >= 0.3 is 0 Å². The predicted octanol–water partition coefficient (Wildman–Crippen LogP) is 1.55. The number of carbonyl (C=O) groups excluding carboxylic acids is 1. The largest absolute Gasteiger partial charge is 0.335 e. The third-order valence-corrected chi connectivity index (χ3v) is 7.90. The molecule has 1 aliphatic carbocycles. The molecule has 8 nitrogen and oxygen atoms in total. The number of aromatic nitrogens is 4. The van der Waals surface area contributed by atoms with Crippen LogP contribution in [0.5, 0.6) is 0 Å². The molecule has 1 amide bonds. The van der Waals surface area contributed by atoms with Gasteiger partial charge < -0.3 is 4.90 Å². The minimum atomic E-state index is -3.03. The third-order valence-electron chi connectivity index (χ3n) is 5.25. The highest BCUT2D eigenvalue weighted by Crippen LogP contribution is 2.33. The van der Waals surface area contributed by atoms with Crippen LogP contribution < -0.4 is 0 Å². The van der Waals surface area contributed by atoms with Crippen LogP contribution in [-0.2, 0) is 14.6 Å². The number of sulfone groups is 1. The molecule has 10 heteroatoms. The molecule has 1 aromatic carbocycles. The smallest absolute Gasteiger partial charge is 0.233 e. The summed E-state index contributed by atoms with van der Waals surface area (Å²) in [4.78, 5) is 14.7. The molecule has 0 radical (unpaired) electrons. The van der Waals surface area contributed by atoms with Crippen molar-refractivity contribution in [3.8, 4) is 5.69 Å². The summed E-state index contributed by atoms with van der Waals surface area (Å²) in [6, 6.07) is 5.97. The Balaban J connectivity index is 1.49. The molecule has 0 N–H and O–H groups in total. The third kappa shape index (κ3) is 3.93. The van der Waals surface area contributed by atoms with Gasteiger partial charge in [-0.1, -0.05) is 30.0 Å². The maximum atomic E-state index is 12.9. The van der Waals surface area contributed by atoms with Gasteiger partial charge in [-0.3, -0.25) is 4.79 Å². The van der Waals surface area contributed by atoms with Crippen LogP contribution in [0.25, 0.3) is 5.69 Å². The number of hydrogen-bond acceptors (Lipinski definition) is 7. The molecule has 0 unspecified atom stereocenters. The van der Waals surface area contributed by atoms with E-state index >= 15 is 0 Å². The number of thioether (sulfide) groups is 1. The minimum Gasteiger partial charge on any atom is -0.335 e. The molecule has 0 spiro atoms. The first-order valence-corrected chi connectivity index (χ1v) is 12.2. The van der Waals surface area contributed by atoms with Crippen LogP contribution in [0.3, 0.4) is 0 Å². The van der Waals surface area contributed by atoms with Gasteiger partial charge in [-0.15, -0.1) is 5.10 Å². The zero-order chi connectivity index (χ0) is 19.9. The van der Waals surface area contributed by atoms with E-state index in [1.54, 1.807) is 4.68 Å². The first-order valence-electron chi connectivity index (χ1n) is 9.35. The summed E-state index contributed by atoms with van der Waals surface area (Å²) in [7, 11) is -3.03. The number of nitrogens with zero attached hydrogens (tertiary/aromatic N) is 5. The second-order valence-corrected chi connectivity index (χ2v) is 10.7. The molecule has 2 aliphatic rings. The van der Waals surface area contributed by atoms with E-state index in [1.807, 2.05) is 36.9 Å². The number of aryl methyl sites for hydroxylation is 2. The molecule has 2 heterocycles. The van der Waals surface area contributed by atoms with Gasteiger partial charge in [0.05, 0.1) is 22.9 Å². The highest BCUT2D eigenvalue weighted by atomic mass is 32.2. The number of rotatable bonds is 6. The molecular formula is C18H23N5O3S2. The second-order valence-electron chi connectivity index (χ2n) is 7.49. The van der Waals surface area contributed by atoms with Crippen LogP contribution in [0.15, 0.2) is 23.4 Å². The van der Waals surface area contributed by atoms with Gasteiger partial charge in [0.25, 0.3) is 0 Å². The SMILES string of the molecule is Cc1cccc(C)c1-n1nnnc1SCC(=O)N(C1CC1)[C@@H]1CCS(=O)(=O)C1. The van der Waals surface area contributed by atoms with Crippen LogP contribution in [-0.4, -0.2) is 68.8 Å². The molecule has 1 saturated heterocycles. The van der Waals surface area contributed by atoms with Gasteiger partial charge in [-0.25, -0.2) is 8.42 Å². The summed E-state index contributed by atoms with van der Waals surface area (Å²) in [6.45, 7) is 4.00. The number of carbonyl (C=O) groups is 1. The van der Waals surface area contributed by atoms with Crippen molar-refractivity contribution in [3.63, 3.8) is 0 Å². The van der Waals surface area contributed by atoms with Gasteiger partial charge in [0.2, 0.25) is 11.1 Å². The molecule has 2 aromatic rings. The fraction of sp³-hybridized carbons (Fsp3) is 0.556. The van der Waals surface area contributed by atoms with Crippen molar-refractivity contribution < 1.29 is 13.2 Å². The quantitative estimate of drug-likeness (QED) is 0.653. The Bertz CT molecular complexity index is 980. The fourth-order valence-electron chi connectivity index (χ4n) is 3.80. The van der Waals surface area contributed by atoms with Gasteiger partial charge in [0.1, 0.15) is 0 Å².